The molecule has 0 fully saturated rings. The molecule has 3 N–H and O–H groups in total. The van der Waals surface area contributed by atoms with Crippen molar-refractivity contribution in [2.75, 3.05) is 18.1 Å². The number of nitrogens with two attached hydrogens (primary N) is 1. The lowest BCUT2D eigenvalue weighted by atomic mass is 10.2. The summed E-state index contributed by atoms with van der Waals surface area (Å²) in [5, 5.41) is 7.06. The highest BCUT2D eigenvalue weighted by atomic mass is 19.4. The zero-order valence-corrected chi connectivity index (χ0v) is 14.4. The molecule has 0 aliphatic rings. The summed E-state index contributed by atoms with van der Waals surface area (Å²) >= 11 is 0. The lowest BCUT2D eigenvalue weighted by Gasteiger charge is -2.10. The molecule has 140 valence electrons. The topological polar surface area (TPSA) is 99.0 Å². The predicted octanol–water partition coefficient (Wildman–Crippen LogP) is 2.64. The standard InChI is InChI=1S/C16H15F3N8/c1-8-22-11-4-3-10(23-14(11)26(8)7-16(17,18)19)9-5-6-27-12(9)13(21-2)24-15(20)25-27/h3-6H,7H2,1-2H3,(H3,20,21,24,25). The van der Waals surface area contributed by atoms with Crippen LogP contribution in [0.3, 0.4) is 0 Å². The van der Waals surface area contributed by atoms with Crippen molar-refractivity contribution < 1.29 is 13.2 Å². The van der Waals surface area contributed by atoms with Gasteiger partial charge in [0, 0.05) is 18.8 Å². The lowest BCUT2D eigenvalue weighted by Crippen LogP contribution is -2.18. The number of anilines is 2. The Morgan fingerprint density at radius 1 is 1.15 bits per heavy atom. The smallest absolute Gasteiger partial charge is 0.371 e. The second-order valence-electron chi connectivity index (χ2n) is 5.99. The second kappa shape index (κ2) is 5.83. The molecule has 0 saturated heterocycles. The van der Waals surface area contributed by atoms with Crippen molar-refractivity contribution in [1.82, 2.24) is 29.1 Å². The molecule has 0 bridgehead atoms. The van der Waals surface area contributed by atoms with Gasteiger partial charge in [0.05, 0.1) is 5.69 Å². The Morgan fingerprint density at radius 2 is 1.93 bits per heavy atom. The third kappa shape index (κ3) is 2.90. The van der Waals surface area contributed by atoms with E-state index in [1.54, 1.807) is 36.0 Å². The van der Waals surface area contributed by atoms with Crippen LogP contribution in [0.2, 0.25) is 0 Å². The number of aromatic nitrogens is 6. The van der Waals surface area contributed by atoms with E-state index in [-0.39, 0.29) is 17.4 Å². The van der Waals surface area contributed by atoms with Crippen LogP contribution < -0.4 is 11.1 Å². The largest absolute Gasteiger partial charge is 0.406 e. The SMILES string of the molecule is CNc1nc(N)nn2ccc(-c3ccc4nc(C)n(CC(F)(F)F)c4n3)c12. The Kier molecular flexibility index (Phi) is 3.68. The van der Waals surface area contributed by atoms with Crippen molar-refractivity contribution in [3.63, 3.8) is 0 Å². The minimum Gasteiger partial charge on any atom is -0.371 e. The van der Waals surface area contributed by atoms with Gasteiger partial charge in [-0.15, -0.1) is 5.10 Å². The molecule has 8 nitrogen and oxygen atoms in total. The van der Waals surface area contributed by atoms with Gasteiger partial charge >= 0.3 is 6.18 Å². The number of hydrogen-bond donors (Lipinski definition) is 2. The monoisotopic (exact) mass is 376 g/mol. The Bertz CT molecular complexity index is 1160. The molecule has 0 saturated carbocycles. The van der Waals surface area contributed by atoms with E-state index in [9.17, 15) is 13.2 Å². The van der Waals surface area contributed by atoms with Crippen LogP contribution >= 0.6 is 0 Å². The van der Waals surface area contributed by atoms with Gasteiger partial charge in [-0.25, -0.2) is 14.5 Å². The van der Waals surface area contributed by atoms with Crippen molar-refractivity contribution in [3.05, 3.63) is 30.2 Å². The quantitative estimate of drug-likeness (QED) is 0.570. The summed E-state index contributed by atoms with van der Waals surface area (Å²) in [6, 6.07) is 5.12. The van der Waals surface area contributed by atoms with E-state index in [2.05, 4.69) is 25.4 Å². The van der Waals surface area contributed by atoms with Crippen molar-refractivity contribution in [2.45, 2.75) is 19.6 Å². The van der Waals surface area contributed by atoms with Crippen LogP contribution in [0.25, 0.3) is 27.9 Å². The number of fused-ring (bicyclic) bond motifs is 2. The van der Waals surface area contributed by atoms with Crippen molar-refractivity contribution >= 4 is 28.4 Å². The van der Waals surface area contributed by atoms with Crippen LogP contribution in [-0.4, -0.2) is 42.4 Å². The normalized spacial score (nSPS) is 12.2. The Balaban J connectivity index is 1.93. The van der Waals surface area contributed by atoms with Crippen molar-refractivity contribution in [1.29, 1.82) is 0 Å². The van der Waals surface area contributed by atoms with E-state index < -0.39 is 12.7 Å². The molecule has 0 aromatic carbocycles. The molecule has 0 aliphatic heterocycles. The average Bonchev–Trinajstić information content (AvgIpc) is 3.14. The number of imidazole rings is 1. The van der Waals surface area contributed by atoms with Crippen molar-refractivity contribution in [3.8, 4) is 11.3 Å². The highest BCUT2D eigenvalue weighted by molar-refractivity contribution is 5.89. The molecule has 4 aromatic heterocycles. The van der Waals surface area contributed by atoms with Gasteiger partial charge in [-0.3, -0.25) is 0 Å². The van der Waals surface area contributed by atoms with E-state index in [1.165, 1.54) is 6.92 Å². The van der Waals surface area contributed by atoms with Crippen LogP contribution in [0.5, 0.6) is 0 Å². The molecule has 0 unspecified atom stereocenters. The fraction of sp³-hybridized carbons (Fsp3) is 0.250. The number of rotatable bonds is 3. The van der Waals surface area contributed by atoms with Gasteiger partial charge in [0.1, 0.15) is 23.4 Å². The number of halogens is 3. The summed E-state index contributed by atoms with van der Waals surface area (Å²) in [5.41, 5.74) is 8.03. The van der Waals surface area contributed by atoms with E-state index in [1.807, 2.05) is 0 Å². The van der Waals surface area contributed by atoms with Gasteiger partial charge < -0.3 is 15.6 Å². The Morgan fingerprint density at radius 3 is 2.63 bits per heavy atom. The van der Waals surface area contributed by atoms with Gasteiger partial charge in [-0.2, -0.15) is 18.2 Å². The van der Waals surface area contributed by atoms with Gasteiger partial charge in [-0.05, 0) is 25.1 Å². The summed E-state index contributed by atoms with van der Waals surface area (Å²) in [4.78, 5) is 12.8. The summed E-state index contributed by atoms with van der Waals surface area (Å²) in [5.74, 6) is 0.835. The maximum Gasteiger partial charge on any atom is 0.406 e. The third-order valence-corrected chi connectivity index (χ3v) is 4.16. The fourth-order valence-electron chi connectivity index (χ4n) is 3.06. The molecule has 0 spiro atoms. The van der Waals surface area contributed by atoms with Crippen LogP contribution in [0.1, 0.15) is 5.82 Å². The number of hydrogen-bond acceptors (Lipinski definition) is 6. The molecule has 4 rings (SSSR count). The summed E-state index contributed by atoms with van der Waals surface area (Å²) < 4.78 is 41.4. The first kappa shape index (κ1) is 17.1. The predicted molar refractivity (Wildman–Crippen MR) is 94.3 cm³/mol. The molecule has 27 heavy (non-hydrogen) atoms. The molecule has 0 amide bonds. The Hall–Kier alpha value is -3.37. The number of nitrogens with zero attached hydrogens (tertiary/aromatic N) is 6. The summed E-state index contributed by atoms with van der Waals surface area (Å²) in [6.07, 6.45) is -2.68. The minimum absolute atomic E-state index is 0.0938. The van der Waals surface area contributed by atoms with E-state index in [4.69, 9.17) is 5.73 Å². The second-order valence-corrected chi connectivity index (χ2v) is 5.99. The van der Waals surface area contributed by atoms with Crippen molar-refractivity contribution in [2.24, 2.45) is 0 Å². The molecule has 0 radical (unpaired) electrons. The van der Waals surface area contributed by atoms with Crippen LogP contribution in [0.15, 0.2) is 24.4 Å². The van der Waals surface area contributed by atoms with Crippen LogP contribution in [-0.2, 0) is 6.54 Å². The number of alkyl halides is 3. The molecule has 0 aliphatic carbocycles. The van der Waals surface area contributed by atoms with Gasteiger partial charge in [-0.1, -0.05) is 0 Å². The minimum atomic E-state index is -4.37. The highest BCUT2D eigenvalue weighted by Gasteiger charge is 2.30. The first-order valence-corrected chi connectivity index (χ1v) is 8.00. The maximum absolute atomic E-state index is 12.9. The molecule has 11 heteroatoms. The summed E-state index contributed by atoms with van der Waals surface area (Å²) in [6.45, 7) is 0.375. The van der Waals surface area contributed by atoms with Crippen LogP contribution in [0, 0.1) is 6.92 Å². The maximum atomic E-state index is 12.9. The van der Waals surface area contributed by atoms with Gasteiger partial charge in [0.2, 0.25) is 5.95 Å². The van der Waals surface area contributed by atoms with Crippen LogP contribution in [0.4, 0.5) is 24.9 Å². The number of nitrogens with one attached hydrogen (secondary N) is 1. The number of pyridine rings is 1. The Labute approximate surface area is 150 Å². The number of aryl methyl sites for hydroxylation is 1. The molecule has 4 aromatic rings. The van der Waals surface area contributed by atoms with E-state index >= 15 is 0 Å². The lowest BCUT2D eigenvalue weighted by molar-refractivity contribution is -0.140. The first-order chi connectivity index (χ1) is 12.8. The molecular weight excluding hydrogens is 361 g/mol. The first-order valence-electron chi connectivity index (χ1n) is 8.00. The fourth-order valence-corrected chi connectivity index (χ4v) is 3.06. The zero-order valence-electron chi connectivity index (χ0n) is 14.4. The van der Waals surface area contributed by atoms with E-state index in [0.29, 0.717) is 28.1 Å². The average molecular weight is 376 g/mol. The number of nitrogen functional groups attached to an aromatic ring is 1. The molecular formula is C16H15F3N8. The molecule has 4 heterocycles. The zero-order chi connectivity index (χ0) is 19.3. The highest BCUT2D eigenvalue weighted by Crippen LogP contribution is 2.30. The van der Waals surface area contributed by atoms with E-state index in [0.717, 1.165) is 4.57 Å². The summed E-state index contributed by atoms with van der Waals surface area (Å²) in [7, 11) is 1.69. The van der Waals surface area contributed by atoms with Gasteiger partial charge in [0.15, 0.2) is 11.5 Å². The molecule has 0 atom stereocenters. The third-order valence-electron chi connectivity index (χ3n) is 4.16. The van der Waals surface area contributed by atoms with Gasteiger partial charge in [0.25, 0.3) is 0 Å².